The highest BCUT2D eigenvalue weighted by atomic mass is 16.6. The number of likely N-dealkylation sites (tertiary alicyclic amines) is 1. The van der Waals surface area contributed by atoms with Crippen LogP contribution in [0.5, 0.6) is 0 Å². The van der Waals surface area contributed by atoms with E-state index in [1.807, 2.05) is 42.5 Å². The maximum absolute atomic E-state index is 13.3. The van der Waals surface area contributed by atoms with Gasteiger partial charge in [-0.25, -0.2) is 4.79 Å². The lowest BCUT2D eigenvalue weighted by Crippen LogP contribution is -2.52. The number of hydrogen-bond acceptors (Lipinski definition) is 5. The second-order valence-corrected chi connectivity index (χ2v) is 8.50. The quantitative estimate of drug-likeness (QED) is 0.446. The van der Waals surface area contributed by atoms with E-state index in [1.54, 1.807) is 30.5 Å². The Morgan fingerprint density at radius 3 is 2.35 bits per heavy atom. The van der Waals surface area contributed by atoms with Crippen LogP contribution in [-0.2, 0) is 21.6 Å². The maximum Gasteiger partial charge on any atom is 0.347 e. The highest BCUT2D eigenvalue weighted by Gasteiger charge is 2.44. The van der Waals surface area contributed by atoms with Gasteiger partial charge in [0.1, 0.15) is 18.9 Å². The number of carbonyl (C=O) groups excluding carboxylic acids is 1. The van der Waals surface area contributed by atoms with Crippen molar-refractivity contribution in [3.63, 3.8) is 0 Å². The highest BCUT2D eigenvalue weighted by molar-refractivity contribution is 5.85. The third-order valence-electron chi connectivity index (χ3n) is 6.54. The summed E-state index contributed by atoms with van der Waals surface area (Å²) in [7, 11) is 2.20. The van der Waals surface area contributed by atoms with Crippen molar-refractivity contribution in [2.75, 3.05) is 26.7 Å². The van der Waals surface area contributed by atoms with Crippen molar-refractivity contribution >= 4 is 5.97 Å². The first-order chi connectivity index (χ1) is 15.0. The van der Waals surface area contributed by atoms with E-state index in [4.69, 9.17) is 9.26 Å². The van der Waals surface area contributed by atoms with E-state index >= 15 is 0 Å². The lowest BCUT2D eigenvalue weighted by Gasteiger charge is -2.36. The Balaban J connectivity index is 1.49. The summed E-state index contributed by atoms with van der Waals surface area (Å²) >= 11 is 0. The van der Waals surface area contributed by atoms with Gasteiger partial charge >= 0.3 is 5.97 Å². The topological polar surface area (TPSA) is 72.6 Å². The third-order valence-corrected chi connectivity index (χ3v) is 6.54. The molecule has 0 amide bonds. The summed E-state index contributed by atoms with van der Waals surface area (Å²) in [6, 6.07) is 20.0. The molecule has 0 radical (unpaired) electrons. The van der Waals surface area contributed by atoms with Gasteiger partial charge < -0.3 is 18.8 Å². The van der Waals surface area contributed by atoms with Crippen LogP contribution in [0.25, 0.3) is 0 Å². The van der Waals surface area contributed by atoms with Crippen LogP contribution in [0.3, 0.4) is 0 Å². The van der Waals surface area contributed by atoms with E-state index in [2.05, 4.69) is 12.2 Å². The van der Waals surface area contributed by atoms with Gasteiger partial charge in [-0.15, -0.1) is 0 Å². The molecule has 4 rings (SSSR count). The molecule has 6 heteroatoms. The van der Waals surface area contributed by atoms with Gasteiger partial charge in [-0.1, -0.05) is 65.8 Å². The van der Waals surface area contributed by atoms with Crippen LogP contribution < -0.4 is 0 Å². The zero-order valence-corrected chi connectivity index (χ0v) is 17.8. The molecule has 0 spiro atoms. The SMILES string of the molecule is C[N+]1(CCc2ccon2)CCCC1COC(=O)C(O)(c1ccccc1)c1ccccc1. The van der Waals surface area contributed by atoms with Crippen LogP contribution in [0, 0.1) is 0 Å². The van der Waals surface area contributed by atoms with Crippen molar-refractivity contribution in [2.45, 2.75) is 30.9 Å². The van der Waals surface area contributed by atoms with Gasteiger partial charge in [0.25, 0.3) is 0 Å². The number of esters is 1. The van der Waals surface area contributed by atoms with Gasteiger partial charge in [-0.2, -0.15) is 0 Å². The van der Waals surface area contributed by atoms with E-state index in [0.717, 1.165) is 42.5 Å². The van der Waals surface area contributed by atoms with Gasteiger partial charge in [0.2, 0.25) is 5.60 Å². The molecule has 1 aliphatic rings. The van der Waals surface area contributed by atoms with Gasteiger partial charge in [0.15, 0.2) is 0 Å². The number of likely N-dealkylation sites (N-methyl/N-ethyl adjacent to an activating group) is 1. The molecular weight excluding hydrogens is 392 g/mol. The maximum atomic E-state index is 13.3. The Morgan fingerprint density at radius 1 is 1.13 bits per heavy atom. The predicted octanol–water partition coefficient (Wildman–Crippen LogP) is 3.31. The summed E-state index contributed by atoms with van der Waals surface area (Å²) < 4.78 is 11.5. The Kier molecular flexibility index (Phi) is 6.20. The van der Waals surface area contributed by atoms with Crippen molar-refractivity contribution in [3.8, 4) is 0 Å². The molecule has 31 heavy (non-hydrogen) atoms. The lowest BCUT2D eigenvalue weighted by atomic mass is 9.86. The number of aliphatic hydroxyl groups is 1. The van der Waals surface area contributed by atoms with Gasteiger partial charge in [0, 0.05) is 25.3 Å². The molecule has 1 aromatic heterocycles. The summed E-state index contributed by atoms with van der Waals surface area (Å²) in [6.45, 7) is 2.20. The monoisotopic (exact) mass is 421 g/mol. The van der Waals surface area contributed by atoms with E-state index in [1.165, 1.54) is 0 Å². The number of hydrogen-bond donors (Lipinski definition) is 1. The average Bonchev–Trinajstić information content (AvgIpc) is 3.46. The minimum absolute atomic E-state index is 0.187. The van der Waals surface area contributed by atoms with Crippen LogP contribution in [0.2, 0.25) is 0 Å². The number of carbonyl (C=O) groups is 1. The lowest BCUT2D eigenvalue weighted by molar-refractivity contribution is -0.921. The molecule has 162 valence electrons. The normalized spacial score (nSPS) is 21.2. The summed E-state index contributed by atoms with van der Waals surface area (Å²) in [5.74, 6) is -0.639. The first-order valence-corrected chi connectivity index (χ1v) is 10.8. The Morgan fingerprint density at radius 2 is 1.77 bits per heavy atom. The summed E-state index contributed by atoms with van der Waals surface area (Å²) in [5.41, 5.74) is 0.0944. The first-order valence-electron chi connectivity index (χ1n) is 10.8. The van der Waals surface area contributed by atoms with Gasteiger partial charge in [0.05, 0.1) is 25.8 Å². The van der Waals surface area contributed by atoms with E-state index in [0.29, 0.717) is 11.1 Å². The summed E-state index contributed by atoms with van der Waals surface area (Å²) in [6.07, 6.45) is 4.47. The molecule has 2 atom stereocenters. The van der Waals surface area contributed by atoms with Crippen LogP contribution in [0.4, 0.5) is 0 Å². The fourth-order valence-electron chi connectivity index (χ4n) is 4.51. The average molecular weight is 422 g/mol. The van der Waals surface area contributed by atoms with Crippen molar-refractivity contribution in [2.24, 2.45) is 0 Å². The number of quaternary nitrogens is 1. The van der Waals surface area contributed by atoms with Crippen LogP contribution in [-0.4, -0.2) is 53.5 Å². The fraction of sp³-hybridized carbons (Fsp3) is 0.360. The molecule has 1 N–H and O–H groups in total. The molecule has 2 unspecified atom stereocenters. The number of rotatable bonds is 8. The van der Waals surface area contributed by atoms with Gasteiger partial charge in [-0.3, -0.25) is 0 Å². The smallest absolute Gasteiger partial charge is 0.347 e. The number of aromatic nitrogens is 1. The zero-order valence-electron chi connectivity index (χ0n) is 17.8. The van der Waals surface area contributed by atoms with Gasteiger partial charge in [-0.05, 0) is 11.1 Å². The molecule has 0 aliphatic carbocycles. The minimum Gasteiger partial charge on any atom is -0.457 e. The predicted molar refractivity (Wildman–Crippen MR) is 116 cm³/mol. The minimum atomic E-state index is -1.84. The molecule has 2 aromatic carbocycles. The van der Waals surface area contributed by atoms with E-state index in [9.17, 15) is 9.90 Å². The molecule has 0 saturated carbocycles. The largest absolute Gasteiger partial charge is 0.457 e. The highest BCUT2D eigenvalue weighted by Crippen LogP contribution is 2.32. The Hall–Kier alpha value is -2.96. The number of nitrogens with zero attached hydrogens (tertiary/aromatic N) is 2. The molecule has 1 saturated heterocycles. The second kappa shape index (κ2) is 9.04. The van der Waals surface area contributed by atoms with Crippen molar-refractivity contribution < 1.29 is 23.6 Å². The van der Waals surface area contributed by atoms with Crippen molar-refractivity contribution in [3.05, 3.63) is 89.8 Å². The fourth-order valence-corrected chi connectivity index (χ4v) is 4.51. The zero-order chi connectivity index (χ0) is 21.7. The van der Waals surface area contributed by atoms with Crippen LogP contribution in [0.15, 0.2) is 77.5 Å². The summed E-state index contributed by atoms with van der Waals surface area (Å²) in [5, 5.41) is 15.6. The molecule has 3 aromatic rings. The summed E-state index contributed by atoms with van der Waals surface area (Å²) in [4.78, 5) is 13.3. The molecular formula is C25H29N2O4+. The van der Waals surface area contributed by atoms with Crippen LogP contribution in [0.1, 0.15) is 29.7 Å². The number of benzene rings is 2. The molecule has 2 heterocycles. The molecule has 1 aliphatic heterocycles. The molecule has 1 fully saturated rings. The van der Waals surface area contributed by atoms with E-state index in [-0.39, 0.29) is 12.6 Å². The van der Waals surface area contributed by atoms with Crippen molar-refractivity contribution in [1.82, 2.24) is 5.16 Å². The number of ether oxygens (including phenoxy) is 1. The van der Waals surface area contributed by atoms with Crippen molar-refractivity contribution in [1.29, 1.82) is 0 Å². The van der Waals surface area contributed by atoms with Crippen LogP contribution >= 0.6 is 0 Å². The molecule has 6 nitrogen and oxygen atoms in total. The standard InChI is InChI=1S/C25H29N2O4/c1-27(17-14-22-15-18-31-26-22)16-8-13-23(27)19-30-24(28)25(29,20-9-4-2-5-10-20)21-11-6-3-7-12-21/h2-7,9-12,15,18,23,29H,8,13-14,16-17,19H2,1H3/q+1. The van der Waals surface area contributed by atoms with E-state index < -0.39 is 11.6 Å². The first kappa shape index (κ1) is 21.3. The third kappa shape index (κ3) is 4.40. The Bertz CT molecular complexity index is 936. The second-order valence-electron chi connectivity index (χ2n) is 8.50. The molecule has 0 bridgehead atoms. The Labute approximate surface area is 182 Å².